The number of aliphatic hydroxyl groups is 1. The van der Waals surface area contributed by atoms with Gasteiger partial charge in [0.05, 0.1) is 27.4 Å². The van der Waals surface area contributed by atoms with E-state index in [0.717, 1.165) is 16.9 Å². The van der Waals surface area contributed by atoms with E-state index >= 15 is 0 Å². The lowest BCUT2D eigenvalue weighted by atomic mass is 9.99. The van der Waals surface area contributed by atoms with E-state index in [2.05, 4.69) is 0 Å². The van der Waals surface area contributed by atoms with E-state index in [1.54, 1.807) is 7.11 Å². The first-order chi connectivity index (χ1) is 15.6. The minimum atomic E-state index is -1.02. The van der Waals surface area contributed by atoms with Gasteiger partial charge in [0.2, 0.25) is 0 Å². The van der Waals surface area contributed by atoms with Crippen molar-refractivity contribution < 1.29 is 33.6 Å². The molecule has 1 unspecified atom stereocenters. The molecule has 2 aromatic carbocycles. The molecule has 1 saturated heterocycles. The molecule has 2 aromatic rings. The predicted molar refractivity (Wildman–Crippen MR) is 121 cm³/mol. The normalized spacial score (nSPS) is 25.3. The van der Waals surface area contributed by atoms with E-state index in [4.69, 9.17) is 23.7 Å². The number of methoxy groups -OCH3 is 2. The molecule has 1 aliphatic rings. The molecule has 0 amide bonds. The predicted octanol–water partition coefficient (Wildman–Crippen LogP) is 3.18. The number of benzene rings is 2. The van der Waals surface area contributed by atoms with E-state index in [-0.39, 0.29) is 13.2 Å². The van der Waals surface area contributed by atoms with Crippen LogP contribution in [0.4, 0.5) is 0 Å². The van der Waals surface area contributed by atoms with Crippen molar-refractivity contribution in [3.63, 3.8) is 0 Å². The zero-order valence-electron chi connectivity index (χ0n) is 18.5. The first-order valence-electron chi connectivity index (χ1n) is 10.5. The van der Waals surface area contributed by atoms with Gasteiger partial charge in [-0.3, -0.25) is 0 Å². The van der Waals surface area contributed by atoms with Gasteiger partial charge in [0.1, 0.15) is 29.5 Å². The van der Waals surface area contributed by atoms with Gasteiger partial charge in [-0.25, -0.2) is 4.79 Å². The molecular weight excluding hydrogens is 432 g/mol. The zero-order chi connectivity index (χ0) is 22.9. The average molecular weight is 463 g/mol. The van der Waals surface area contributed by atoms with Crippen molar-refractivity contribution in [3.05, 3.63) is 65.7 Å². The molecule has 7 nitrogen and oxygen atoms in total. The summed E-state index contributed by atoms with van der Waals surface area (Å²) < 4.78 is 28.3. The fraction of sp³-hybridized carbons (Fsp3) is 0.458. The number of hydrogen-bond acceptors (Lipinski definition) is 8. The van der Waals surface area contributed by atoms with Crippen LogP contribution < -0.4 is 4.74 Å². The van der Waals surface area contributed by atoms with Gasteiger partial charge in [-0.2, -0.15) is 0 Å². The molecule has 1 fully saturated rings. The van der Waals surface area contributed by atoms with Gasteiger partial charge in [0.25, 0.3) is 0 Å². The highest BCUT2D eigenvalue weighted by Crippen LogP contribution is 2.33. The molecule has 8 heteroatoms. The Labute approximate surface area is 193 Å². The van der Waals surface area contributed by atoms with Crippen LogP contribution in [0.3, 0.4) is 0 Å². The number of rotatable bonds is 10. The van der Waals surface area contributed by atoms with Crippen molar-refractivity contribution in [2.45, 2.75) is 50.0 Å². The number of hydrogen-bond donors (Lipinski definition) is 1. The molecular formula is C24H30O7S. The van der Waals surface area contributed by atoms with Crippen molar-refractivity contribution in [1.82, 2.24) is 0 Å². The highest BCUT2D eigenvalue weighted by atomic mass is 32.2. The lowest BCUT2D eigenvalue weighted by molar-refractivity contribution is -0.238. The lowest BCUT2D eigenvalue weighted by Crippen LogP contribution is -2.60. The molecule has 32 heavy (non-hydrogen) atoms. The minimum absolute atomic E-state index is 0.203. The van der Waals surface area contributed by atoms with Crippen LogP contribution in [-0.2, 0) is 37.0 Å². The Morgan fingerprint density at radius 1 is 0.969 bits per heavy atom. The second-order valence-corrected chi connectivity index (χ2v) is 8.65. The highest BCUT2D eigenvalue weighted by Gasteiger charge is 2.50. The molecule has 174 valence electrons. The second-order valence-electron chi connectivity index (χ2n) is 7.28. The number of ether oxygens (including phenoxy) is 5. The summed E-state index contributed by atoms with van der Waals surface area (Å²) in [4.78, 5) is 12.6. The second kappa shape index (κ2) is 12.2. The zero-order valence-corrected chi connectivity index (χ0v) is 19.3. The summed E-state index contributed by atoms with van der Waals surface area (Å²) >= 11 is 1.41. The quantitative estimate of drug-likeness (QED) is 0.539. The third-order valence-corrected chi connectivity index (χ3v) is 6.22. The van der Waals surface area contributed by atoms with E-state index in [9.17, 15) is 9.90 Å². The first kappa shape index (κ1) is 24.5. The van der Waals surface area contributed by atoms with Crippen molar-refractivity contribution in [1.29, 1.82) is 0 Å². The maximum Gasteiger partial charge on any atom is 0.337 e. The molecule has 5 atom stereocenters. The van der Waals surface area contributed by atoms with Crippen LogP contribution >= 0.6 is 11.8 Å². The largest absolute Gasteiger partial charge is 0.497 e. The van der Waals surface area contributed by atoms with Gasteiger partial charge in [-0.15, -0.1) is 11.8 Å². The van der Waals surface area contributed by atoms with Crippen LogP contribution in [0.5, 0.6) is 5.75 Å². The van der Waals surface area contributed by atoms with Crippen molar-refractivity contribution >= 4 is 17.7 Å². The average Bonchev–Trinajstić information content (AvgIpc) is 2.84. The maximum atomic E-state index is 12.6. The molecule has 0 saturated carbocycles. The standard InChI is InChI=1S/C24H30O7S/c1-4-32-24-19(25)20(29-14-16-8-6-5-7-9-16)21(22(31-24)23(26)28-3)30-15-17-10-12-18(27-2)13-11-17/h5-13,19-22,24-25H,4,14-15H2,1-3H3/t19-,20-,21+,22+,24?/m1/s1. The number of carbonyl (C=O) groups excluding carboxylic acids is 1. The third-order valence-electron chi connectivity index (χ3n) is 5.17. The molecule has 1 N–H and O–H groups in total. The van der Waals surface area contributed by atoms with Gasteiger partial charge < -0.3 is 28.8 Å². The minimum Gasteiger partial charge on any atom is -0.497 e. The number of carbonyl (C=O) groups is 1. The Hall–Kier alpha value is -2.10. The van der Waals surface area contributed by atoms with Crippen molar-refractivity contribution in [2.24, 2.45) is 0 Å². The lowest BCUT2D eigenvalue weighted by Gasteiger charge is -2.43. The van der Waals surface area contributed by atoms with Crippen LogP contribution in [0.2, 0.25) is 0 Å². The number of thioether (sulfide) groups is 1. The van der Waals surface area contributed by atoms with E-state index in [0.29, 0.717) is 5.75 Å². The van der Waals surface area contributed by atoms with Gasteiger partial charge in [-0.05, 0) is 29.0 Å². The van der Waals surface area contributed by atoms with Gasteiger partial charge in [0.15, 0.2) is 6.10 Å². The smallest absolute Gasteiger partial charge is 0.337 e. The summed E-state index contributed by atoms with van der Waals surface area (Å²) in [7, 11) is 2.91. The molecule has 0 radical (unpaired) electrons. The molecule has 1 aliphatic heterocycles. The van der Waals surface area contributed by atoms with E-state index < -0.39 is 35.8 Å². The summed E-state index contributed by atoms with van der Waals surface area (Å²) in [5.74, 6) is 0.881. The van der Waals surface area contributed by atoms with Gasteiger partial charge in [0, 0.05) is 0 Å². The number of esters is 1. The maximum absolute atomic E-state index is 12.6. The highest BCUT2D eigenvalue weighted by molar-refractivity contribution is 7.99. The topological polar surface area (TPSA) is 83.5 Å². The van der Waals surface area contributed by atoms with Crippen LogP contribution in [0.15, 0.2) is 54.6 Å². The first-order valence-corrected chi connectivity index (χ1v) is 11.5. The van der Waals surface area contributed by atoms with Gasteiger partial charge in [-0.1, -0.05) is 49.4 Å². The number of aliphatic hydroxyl groups excluding tert-OH is 1. The van der Waals surface area contributed by atoms with Crippen molar-refractivity contribution in [3.8, 4) is 5.75 Å². The monoisotopic (exact) mass is 462 g/mol. The van der Waals surface area contributed by atoms with Gasteiger partial charge >= 0.3 is 5.97 Å². The summed E-state index contributed by atoms with van der Waals surface area (Å²) in [5.41, 5.74) is 1.20. The molecule has 0 bridgehead atoms. The summed E-state index contributed by atoms with van der Waals surface area (Å²) in [5, 5.41) is 11.0. The SMILES string of the molecule is CCSC1O[C@H](C(=O)OC)[C@@H](OCc2ccc(OC)cc2)[C@H](OCc2ccccc2)[C@H]1O. The Kier molecular flexibility index (Phi) is 9.37. The fourth-order valence-electron chi connectivity index (χ4n) is 3.49. The molecule has 0 aromatic heterocycles. The Morgan fingerprint density at radius 3 is 2.19 bits per heavy atom. The Morgan fingerprint density at radius 2 is 1.59 bits per heavy atom. The van der Waals surface area contributed by atoms with E-state index in [1.165, 1.54) is 18.9 Å². The van der Waals surface area contributed by atoms with Crippen LogP contribution in [0.1, 0.15) is 18.1 Å². The van der Waals surface area contributed by atoms with Crippen LogP contribution in [-0.4, -0.2) is 60.9 Å². The van der Waals surface area contributed by atoms with Crippen molar-refractivity contribution in [2.75, 3.05) is 20.0 Å². The summed E-state index contributed by atoms with van der Waals surface area (Å²) in [6.07, 6.45) is -3.63. The molecule has 1 heterocycles. The third kappa shape index (κ3) is 6.24. The Bertz CT molecular complexity index is 830. The van der Waals surface area contributed by atoms with Crippen LogP contribution in [0, 0.1) is 0 Å². The molecule has 3 rings (SSSR count). The van der Waals surface area contributed by atoms with E-state index in [1.807, 2.05) is 61.5 Å². The molecule has 0 spiro atoms. The fourth-order valence-corrected chi connectivity index (χ4v) is 4.37. The summed E-state index contributed by atoms with van der Waals surface area (Å²) in [6.45, 7) is 2.43. The van der Waals surface area contributed by atoms with Crippen LogP contribution in [0.25, 0.3) is 0 Å². The summed E-state index contributed by atoms with van der Waals surface area (Å²) in [6, 6.07) is 17.1. The Balaban J connectivity index is 1.81. The molecule has 0 aliphatic carbocycles.